The average Bonchev–Trinajstić information content (AvgIpc) is 3.07. The van der Waals surface area contributed by atoms with Gasteiger partial charge in [-0.1, -0.05) is 30.3 Å². The Labute approximate surface area is 134 Å². The van der Waals surface area contributed by atoms with Crippen LogP contribution in [-0.2, 0) is 24.8 Å². The molecule has 3 amide bonds. The summed E-state index contributed by atoms with van der Waals surface area (Å²) in [6, 6.07) is 9.32. The molecule has 7 heteroatoms. The number of urea groups is 1. The highest BCUT2D eigenvalue weighted by Gasteiger charge is 2.35. The molecule has 0 unspecified atom stereocenters. The van der Waals surface area contributed by atoms with Crippen molar-refractivity contribution in [1.82, 2.24) is 24.6 Å². The Bertz CT molecular complexity index is 698. The molecule has 0 saturated carbocycles. The summed E-state index contributed by atoms with van der Waals surface area (Å²) in [7, 11) is 1.82. The van der Waals surface area contributed by atoms with Crippen molar-refractivity contribution in [2.45, 2.75) is 19.4 Å². The Morgan fingerprint density at radius 3 is 2.65 bits per heavy atom. The maximum Gasteiger partial charge on any atom is 0.327 e. The lowest BCUT2D eigenvalue weighted by molar-refractivity contribution is -0.125. The molecule has 0 atom stereocenters. The van der Waals surface area contributed by atoms with Crippen LogP contribution < -0.4 is 0 Å². The van der Waals surface area contributed by atoms with Crippen LogP contribution in [0.5, 0.6) is 0 Å². The van der Waals surface area contributed by atoms with E-state index in [1.807, 2.05) is 37.4 Å². The first kappa shape index (κ1) is 15.2. The average molecular weight is 313 g/mol. The summed E-state index contributed by atoms with van der Waals surface area (Å²) in [5, 5.41) is 4.20. The lowest BCUT2D eigenvalue weighted by Crippen LogP contribution is -2.33. The number of benzene rings is 1. The molecule has 7 nitrogen and oxygen atoms in total. The lowest BCUT2D eigenvalue weighted by atomic mass is 10.2. The van der Waals surface area contributed by atoms with Gasteiger partial charge in [-0.25, -0.2) is 9.78 Å². The van der Waals surface area contributed by atoms with Gasteiger partial charge >= 0.3 is 6.03 Å². The van der Waals surface area contributed by atoms with Crippen molar-refractivity contribution in [3.63, 3.8) is 0 Å². The van der Waals surface area contributed by atoms with E-state index in [2.05, 4.69) is 10.1 Å². The fraction of sp³-hybridized carbons (Fsp3) is 0.375. The zero-order valence-corrected chi connectivity index (χ0v) is 13.1. The molecule has 23 heavy (non-hydrogen) atoms. The van der Waals surface area contributed by atoms with E-state index < -0.39 is 0 Å². The minimum atomic E-state index is -0.215. The number of amides is 3. The second-order valence-electron chi connectivity index (χ2n) is 5.61. The molecule has 0 aliphatic carbocycles. The molecule has 1 saturated heterocycles. The van der Waals surface area contributed by atoms with Crippen LogP contribution in [0.4, 0.5) is 4.79 Å². The minimum Gasteiger partial charge on any atom is -0.315 e. The van der Waals surface area contributed by atoms with Gasteiger partial charge in [0.15, 0.2) is 5.82 Å². The monoisotopic (exact) mass is 313 g/mol. The normalized spacial score (nSPS) is 14.8. The molecule has 3 rings (SSSR count). The van der Waals surface area contributed by atoms with E-state index in [1.54, 1.807) is 15.9 Å². The van der Waals surface area contributed by atoms with E-state index in [-0.39, 0.29) is 18.5 Å². The van der Waals surface area contributed by atoms with E-state index >= 15 is 0 Å². The first-order chi connectivity index (χ1) is 11.1. The molecular weight excluding hydrogens is 294 g/mol. The molecular formula is C16H19N5O2. The predicted octanol–water partition coefficient (Wildman–Crippen LogP) is 1.21. The van der Waals surface area contributed by atoms with Crippen molar-refractivity contribution < 1.29 is 9.59 Å². The van der Waals surface area contributed by atoms with Crippen molar-refractivity contribution in [1.29, 1.82) is 0 Å². The number of nitrogens with zero attached hydrogens (tertiary/aromatic N) is 5. The van der Waals surface area contributed by atoms with E-state index in [0.29, 0.717) is 19.5 Å². The number of hydrogen-bond acceptors (Lipinski definition) is 4. The van der Waals surface area contributed by atoms with Crippen molar-refractivity contribution in [2.75, 3.05) is 13.1 Å². The predicted molar refractivity (Wildman–Crippen MR) is 83.3 cm³/mol. The highest BCUT2D eigenvalue weighted by atomic mass is 16.2. The van der Waals surface area contributed by atoms with Crippen LogP contribution in [0, 0.1) is 0 Å². The van der Waals surface area contributed by atoms with Gasteiger partial charge in [0.2, 0.25) is 0 Å². The van der Waals surface area contributed by atoms with Gasteiger partial charge in [-0.05, 0) is 12.0 Å². The molecule has 1 aromatic heterocycles. The third-order valence-corrected chi connectivity index (χ3v) is 3.79. The van der Waals surface area contributed by atoms with Crippen LogP contribution in [0.25, 0.3) is 0 Å². The second-order valence-corrected chi connectivity index (χ2v) is 5.61. The fourth-order valence-corrected chi connectivity index (χ4v) is 2.62. The van der Waals surface area contributed by atoms with Gasteiger partial charge in [0.25, 0.3) is 5.91 Å². The summed E-state index contributed by atoms with van der Waals surface area (Å²) >= 11 is 0. The summed E-state index contributed by atoms with van der Waals surface area (Å²) in [5.41, 5.74) is 0.953. The van der Waals surface area contributed by atoms with Gasteiger partial charge in [-0.2, -0.15) is 5.10 Å². The smallest absolute Gasteiger partial charge is 0.315 e. The van der Waals surface area contributed by atoms with Gasteiger partial charge in [0.1, 0.15) is 12.9 Å². The van der Waals surface area contributed by atoms with Gasteiger partial charge in [-0.15, -0.1) is 0 Å². The summed E-state index contributed by atoms with van der Waals surface area (Å²) in [4.78, 5) is 31.5. The topological polar surface area (TPSA) is 71.3 Å². The maximum atomic E-state index is 12.4. The summed E-state index contributed by atoms with van der Waals surface area (Å²) < 4.78 is 1.65. The van der Waals surface area contributed by atoms with Gasteiger partial charge in [0, 0.05) is 20.0 Å². The molecule has 120 valence electrons. The highest BCUT2D eigenvalue weighted by molar-refractivity contribution is 6.01. The van der Waals surface area contributed by atoms with E-state index in [9.17, 15) is 9.59 Å². The first-order valence-electron chi connectivity index (χ1n) is 7.61. The van der Waals surface area contributed by atoms with Crippen LogP contribution in [0.1, 0.15) is 17.8 Å². The molecule has 2 aromatic rings. The highest BCUT2D eigenvalue weighted by Crippen LogP contribution is 2.15. The Morgan fingerprint density at radius 1 is 1.17 bits per heavy atom. The number of aromatic nitrogens is 3. The number of aryl methyl sites for hydroxylation is 2. The Balaban J connectivity index is 1.53. The quantitative estimate of drug-likeness (QED) is 0.752. The SMILES string of the molecule is Cn1cnc(CCCN2CC(=O)N(Cc3ccccc3)C2=O)n1. The molecule has 0 bridgehead atoms. The zero-order valence-electron chi connectivity index (χ0n) is 13.1. The number of carbonyl (C=O) groups excluding carboxylic acids is 2. The van der Waals surface area contributed by atoms with Crippen LogP contribution in [0.3, 0.4) is 0 Å². The third-order valence-electron chi connectivity index (χ3n) is 3.79. The van der Waals surface area contributed by atoms with Crippen LogP contribution in [0.15, 0.2) is 36.7 Å². The van der Waals surface area contributed by atoms with Crippen molar-refractivity contribution in [2.24, 2.45) is 7.05 Å². The second kappa shape index (κ2) is 6.60. The molecule has 1 aliphatic rings. The Kier molecular flexibility index (Phi) is 4.36. The number of imide groups is 1. The van der Waals surface area contributed by atoms with Crippen LogP contribution >= 0.6 is 0 Å². The summed E-state index contributed by atoms with van der Waals surface area (Å²) in [6.45, 7) is 1.02. The first-order valence-corrected chi connectivity index (χ1v) is 7.61. The molecule has 1 fully saturated rings. The van der Waals surface area contributed by atoms with Crippen molar-refractivity contribution >= 4 is 11.9 Å². The molecule has 2 heterocycles. The van der Waals surface area contributed by atoms with E-state index in [1.165, 1.54) is 4.90 Å². The molecule has 0 radical (unpaired) electrons. The minimum absolute atomic E-state index is 0.144. The summed E-state index contributed by atoms with van der Waals surface area (Å²) in [5.74, 6) is 0.612. The Hall–Kier alpha value is -2.70. The van der Waals surface area contributed by atoms with Gasteiger partial charge in [-0.3, -0.25) is 14.4 Å². The van der Waals surface area contributed by atoms with E-state index in [0.717, 1.165) is 17.8 Å². The third kappa shape index (κ3) is 3.56. The molecule has 1 aliphatic heterocycles. The molecule has 0 N–H and O–H groups in total. The molecule has 0 spiro atoms. The Morgan fingerprint density at radius 2 is 1.96 bits per heavy atom. The zero-order chi connectivity index (χ0) is 16.2. The fourth-order valence-electron chi connectivity index (χ4n) is 2.62. The van der Waals surface area contributed by atoms with Crippen molar-refractivity contribution in [3.8, 4) is 0 Å². The largest absolute Gasteiger partial charge is 0.327 e. The van der Waals surface area contributed by atoms with E-state index in [4.69, 9.17) is 0 Å². The lowest BCUT2D eigenvalue weighted by Gasteiger charge is -2.16. The van der Waals surface area contributed by atoms with Gasteiger partial charge in [0.05, 0.1) is 6.54 Å². The number of rotatable bonds is 6. The number of hydrogen-bond donors (Lipinski definition) is 0. The van der Waals surface area contributed by atoms with Crippen LogP contribution in [-0.4, -0.2) is 49.6 Å². The van der Waals surface area contributed by atoms with Crippen molar-refractivity contribution in [3.05, 3.63) is 48.0 Å². The number of carbonyl (C=O) groups is 2. The maximum absolute atomic E-state index is 12.4. The summed E-state index contributed by atoms with van der Waals surface area (Å²) in [6.07, 6.45) is 3.08. The molecule has 1 aromatic carbocycles. The van der Waals surface area contributed by atoms with Crippen LogP contribution in [0.2, 0.25) is 0 Å². The van der Waals surface area contributed by atoms with Gasteiger partial charge < -0.3 is 4.90 Å². The standard InChI is InChI=1S/C16H19N5O2/c1-19-12-17-14(18-19)8-5-9-20-11-15(22)21(16(20)23)10-13-6-3-2-4-7-13/h2-4,6-7,12H,5,8-11H2,1H3.